The van der Waals surface area contributed by atoms with E-state index in [2.05, 4.69) is 10.6 Å². The van der Waals surface area contributed by atoms with E-state index in [9.17, 15) is 14.7 Å². The molecular weight excluding hydrogens is 258 g/mol. The molecule has 0 aliphatic heterocycles. The minimum atomic E-state index is -1.05. The van der Waals surface area contributed by atoms with Gasteiger partial charge in [0.15, 0.2) is 0 Å². The van der Waals surface area contributed by atoms with Crippen molar-refractivity contribution in [1.29, 1.82) is 0 Å². The Labute approximate surface area is 118 Å². The van der Waals surface area contributed by atoms with Gasteiger partial charge in [-0.3, -0.25) is 0 Å². The van der Waals surface area contributed by atoms with Crippen LogP contribution in [0.5, 0.6) is 0 Å². The van der Waals surface area contributed by atoms with Crippen molar-refractivity contribution in [2.24, 2.45) is 0 Å². The number of carbonyl (C=O) groups is 2. The maximum atomic E-state index is 12.0. The average molecular weight is 279 g/mol. The van der Waals surface area contributed by atoms with Crippen molar-refractivity contribution in [2.45, 2.75) is 13.8 Å². The highest BCUT2D eigenvalue weighted by Gasteiger charge is 2.17. The van der Waals surface area contributed by atoms with Gasteiger partial charge in [0.05, 0.1) is 11.3 Å². The molecule has 110 valence electrons. The number of nitrogens with zero attached hydrogens (tertiary/aromatic N) is 1. The molecule has 1 rings (SSSR count). The highest BCUT2D eigenvalue weighted by atomic mass is 16.4. The lowest BCUT2D eigenvalue weighted by molar-refractivity contribution is 0.0698. The number of anilines is 1. The Bertz CT molecular complexity index is 515. The maximum Gasteiger partial charge on any atom is 0.337 e. The van der Waals surface area contributed by atoms with Gasteiger partial charge < -0.3 is 20.6 Å². The number of amides is 2. The van der Waals surface area contributed by atoms with E-state index >= 15 is 0 Å². The number of aromatic carboxylic acids is 1. The molecule has 0 radical (unpaired) electrons. The molecule has 1 aromatic carbocycles. The number of hydrogen-bond acceptors (Lipinski definition) is 3. The van der Waals surface area contributed by atoms with Crippen LogP contribution < -0.4 is 10.6 Å². The fraction of sp³-hybridized carbons (Fsp3) is 0.429. The highest BCUT2D eigenvalue weighted by Crippen LogP contribution is 2.23. The minimum Gasteiger partial charge on any atom is -0.478 e. The molecular formula is C14H21N3O3. The summed E-state index contributed by atoms with van der Waals surface area (Å²) >= 11 is 0. The van der Waals surface area contributed by atoms with E-state index in [1.165, 1.54) is 4.90 Å². The number of nitrogens with one attached hydrogen (secondary N) is 2. The summed E-state index contributed by atoms with van der Waals surface area (Å²) in [4.78, 5) is 24.8. The topological polar surface area (TPSA) is 81.7 Å². The van der Waals surface area contributed by atoms with Crippen LogP contribution >= 0.6 is 0 Å². The molecule has 0 fully saturated rings. The second-order valence-electron chi connectivity index (χ2n) is 4.76. The van der Waals surface area contributed by atoms with Crippen LogP contribution in [0.4, 0.5) is 10.5 Å². The summed E-state index contributed by atoms with van der Waals surface area (Å²) in [5, 5.41) is 14.9. The van der Waals surface area contributed by atoms with E-state index in [0.717, 1.165) is 11.1 Å². The van der Waals surface area contributed by atoms with E-state index in [0.29, 0.717) is 18.8 Å². The van der Waals surface area contributed by atoms with Gasteiger partial charge in [-0.2, -0.15) is 0 Å². The molecule has 0 atom stereocenters. The molecule has 0 saturated carbocycles. The highest BCUT2D eigenvalue weighted by molar-refractivity contribution is 6.01. The molecule has 0 aliphatic rings. The first-order chi connectivity index (χ1) is 9.36. The minimum absolute atomic E-state index is 0.109. The van der Waals surface area contributed by atoms with Crippen LogP contribution in [0.25, 0.3) is 0 Å². The Hall–Kier alpha value is -2.08. The summed E-state index contributed by atoms with van der Waals surface area (Å²) in [6.07, 6.45) is 0. The van der Waals surface area contributed by atoms with Crippen molar-refractivity contribution in [1.82, 2.24) is 10.2 Å². The zero-order chi connectivity index (χ0) is 15.3. The lowest BCUT2D eigenvalue weighted by Crippen LogP contribution is -2.36. The number of benzene rings is 1. The molecule has 0 aromatic heterocycles. The van der Waals surface area contributed by atoms with Crippen molar-refractivity contribution >= 4 is 17.7 Å². The molecule has 6 nitrogen and oxygen atoms in total. The molecule has 1 aromatic rings. The van der Waals surface area contributed by atoms with E-state index in [1.54, 1.807) is 27.1 Å². The SMILES string of the molecule is CNCCN(C)C(=O)Nc1c(C)cc(C)cc1C(=O)O. The lowest BCUT2D eigenvalue weighted by Gasteiger charge is -2.20. The second-order valence-corrected chi connectivity index (χ2v) is 4.76. The summed E-state index contributed by atoms with van der Waals surface area (Å²) in [7, 11) is 3.47. The van der Waals surface area contributed by atoms with Gasteiger partial charge in [-0.05, 0) is 38.1 Å². The first kappa shape index (κ1) is 16.0. The Morgan fingerprint density at radius 2 is 1.95 bits per heavy atom. The van der Waals surface area contributed by atoms with E-state index in [-0.39, 0.29) is 11.6 Å². The van der Waals surface area contributed by atoms with Gasteiger partial charge in [-0.1, -0.05) is 6.07 Å². The van der Waals surface area contributed by atoms with Gasteiger partial charge in [-0.25, -0.2) is 9.59 Å². The Morgan fingerprint density at radius 1 is 1.30 bits per heavy atom. The first-order valence-electron chi connectivity index (χ1n) is 6.38. The number of carboxylic acid groups (broad SMARTS) is 1. The first-order valence-corrected chi connectivity index (χ1v) is 6.38. The number of urea groups is 1. The molecule has 6 heteroatoms. The van der Waals surface area contributed by atoms with Crippen molar-refractivity contribution in [2.75, 3.05) is 32.5 Å². The van der Waals surface area contributed by atoms with Crippen molar-refractivity contribution in [3.63, 3.8) is 0 Å². The van der Waals surface area contributed by atoms with Gasteiger partial charge in [0.1, 0.15) is 0 Å². The van der Waals surface area contributed by atoms with Crippen LogP contribution in [0.15, 0.2) is 12.1 Å². The third-order valence-corrected chi connectivity index (χ3v) is 2.99. The Kier molecular flexibility index (Phi) is 5.52. The molecule has 0 heterocycles. The molecule has 3 N–H and O–H groups in total. The summed E-state index contributed by atoms with van der Waals surface area (Å²) < 4.78 is 0. The fourth-order valence-electron chi connectivity index (χ4n) is 1.89. The standard InChI is InChI=1S/C14H21N3O3/c1-9-7-10(2)12(11(8-9)13(18)19)16-14(20)17(4)6-5-15-3/h7-8,15H,5-6H2,1-4H3,(H,16,20)(H,18,19). The summed E-state index contributed by atoms with van der Waals surface area (Å²) in [5.41, 5.74) is 2.04. The largest absolute Gasteiger partial charge is 0.478 e. The monoisotopic (exact) mass is 279 g/mol. The molecule has 0 unspecified atom stereocenters. The van der Waals surface area contributed by atoms with Crippen molar-refractivity contribution < 1.29 is 14.7 Å². The van der Waals surface area contributed by atoms with Crippen LogP contribution in [0.1, 0.15) is 21.5 Å². The summed E-state index contributed by atoms with van der Waals surface area (Å²) in [6, 6.07) is 3.07. The Balaban J connectivity index is 2.97. The summed E-state index contributed by atoms with van der Waals surface area (Å²) in [5.74, 6) is -1.05. The zero-order valence-electron chi connectivity index (χ0n) is 12.3. The van der Waals surface area contributed by atoms with Gasteiger partial charge in [0.25, 0.3) is 0 Å². The lowest BCUT2D eigenvalue weighted by atomic mass is 10.0. The molecule has 0 saturated heterocycles. The summed E-state index contributed by atoms with van der Waals surface area (Å²) in [6.45, 7) is 4.81. The Morgan fingerprint density at radius 3 is 2.50 bits per heavy atom. The number of rotatable bonds is 5. The van der Waals surface area contributed by atoms with Crippen LogP contribution in [-0.2, 0) is 0 Å². The number of carbonyl (C=O) groups excluding carboxylic acids is 1. The number of aryl methyl sites for hydroxylation is 2. The quantitative estimate of drug-likeness (QED) is 0.766. The number of carboxylic acids is 1. The third-order valence-electron chi connectivity index (χ3n) is 2.99. The van der Waals surface area contributed by atoms with Gasteiger partial charge >= 0.3 is 12.0 Å². The predicted octanol–water partition coefficient (Wildman–Crippen LogP) is 1.68. The number of hydrogen-bond donors (Lipinski definition) is 3. The van der Waals surface area contributed by atoms with Gasteiger partial charge in [-0.15, -0.1) is 0 Å². The molecule has 0 bridgehead atoms. The molecule has 2 amide bonds. The fourth-order valence-corrected chi connectivity index (χ4v) is 1.89. The van der Waals surface area contributed by atoms with Gasteiger partial charge in [0.2, 0.25) is 0 Å². The van der Waals surface area contributed by atoms with Crippen LogP contribution in [0.2, 0.25) is 0 Å². The normalized spacial score (nSPS) is 10.2. The smallest absolute Gasteiger partial charge is 0.337 e. The average Bonchev–Trinajstić information content (AvgIpc) is 2.38. The predicted molar refractivity (Wildman–Crippen MR) is 78.5 cm³/mol. The second kappa shape index (κ2) is 6.91. The van der Waals surface area contributed by atoms with Crippen LogP contribution in [0.3, 0.4) is 0 Å². The number of likely N-dealkylation sites (N-methyl/N-ethyl adjacent to an activating group) is 2. The van der Waals surface area contributed by atoms with Crippen molar-refractivity contribution in [3.05, 3.63) is 28.8 Å². The van der Waals surface area contributed by atoms with E-state index in [4.69, 9.17) is 0 Å². The van der Waals surface area contributed by atoms with Gasteiger partial charge in [0, 0.05) is 20.1 Å². The third kappa shape index (κ3) is 3.96. The maximum absolute atomic E-state index is 12.0. The van der Waals surface area contributed by atoms with Crippen LogP contribution in [0, 0.1) is 13.8 Å². The van der Waals surface area contributed by atoms with E-state index in [1.807, 2.05) is 13.0 Å². The molecule has 0 spiro atoms. The zero-order valence-corrected chi connectivity index (χ0v) is 12.3. The van der Waals surface area contributed by atoms with Crippen LogP contribution in [-0.4, -0.2) is 49.2 Å². The molecule has 0 aliphatic carbocycles. The van der Waals surface area contributed by atoms with Crippen molar-refractivity contribution in [3.8, 4) is 0 Å². The molecule has 20 heavy (non-hydrogen) atoms. The van der Waals surface area contributed by atoms with E-state index < -0.39 is 5.97 Å².